The number of esters is 1. The predicted octanol–water partition coefficient (Wildman–Crippen LogP) is 2.51. The van der Waals surface area contributed by atoms with Gasteiger partial charge >= 0.3 is 5.97 Å². The van der Waals surface area contributed by atoms with Crippen LogP contribution in [-0.2, 0) is 9.53 Å². The van der Waals surface area contributed by atoms with Gasteiger partial charge in [-0.3, -0.25) is 4.79 Å². The van der Waals surface area contributed by atoms with Crippen molar-refractivity contribution in [3.05, 3.63) is 0 Å². The fourth-order valence-corrected chi connectivity index (χ4v) is 4.83. The van der Waals surface area contributed by atoms with Crippen molar-refractivity contribution in [1.82, 2.24) is 0 Å². The molecule has 0 aromatic carbocycles. The Balaban J connectivity index is 2.43. The van der Waals surface area contributed by atoms with Crippen molar-refractivity contribution in [2.45, 2.75) is 78.1 Å². The van der Waals surface area contributed by atoms with Crippen molar-refractivity contribution >= 4 is 5.97 Å². The highest BCUT2D eigenvalue weighted by molar-refractivity contribution is 5.66. The first-order chi connectivity index (χ1) is 9.59. The van der Waals surface area contributed by atoms with E-state index in [1.54, 1.807) is 0 Å². The molecule has 0 unspecified atom stereocenters. The number of hydrogen-bond donors (Lipinski definition) is 2. The lowest BCUT2D eigenvalue weighted by Crippen LogP contribution is -2.64. The molecule has 21 heavy (non-hydrogen) atoms. The molecule has 0 saturated heterocycles. The average Bonchev–Trinajstić information content (AvgIpc) is 2.33. The topological polar surface area (TPSA) is 66.8 Å². The molecular weight excluding hydrogens is 268 g/mol. The SMILES string of the molecule is CC(=O)O[C@H]1[C@@H]2[C@@](C)(CC[C@H]1C(C)C)[C@@H](O)CC[C@@]2(C)O. The van der Waals surface area contributed by atoms with Crippen LogP contribution in [0.1, 0.15) is 60.3 Å². The number of carbonyl (C=O) groups excluding carboxylic acids is 1. The Hall–Kier alpha value is -0.610. The second kappa shape index (κ2) is 5.54. The van der Waals surface area contributed by atoms with Gasteiger partial charge in [-0.2, -0.15) is 0 Å². The molecular formula is C17H30O4. The van der Waals surface area contributed by atoms with E-state index in [2.05, 4.69) is 13.8 Å². The number of rotatable bonds is 2. The Morgan fingerprint density at radius 1 is 1.24 bits per heavy atom. The Bertz CT molecular complexity index is 404. The van der Waals surface area contributed by atoms with Crippen LogP contribution in [0, 0.1) is 23.2 Å². The Morgan fingerprint density at radius 3 is 2.38 bits per heavy atom. The summed E-state index contributed by atoms with van der Waals surface area (Å²) >= 11 is 0. The molecule has 2 rings (SSSR count). The lowest BCUT2D eigenvalue weighted by Gasteiger charge is -2.59. The van der Waals surface area contributed by atoms with E-state index >= 15 is 0 Å². The maximum absolute atomic E-state index is 11.6. The first-order valence-electron chi connectivity index (χ1n) is 8.17. The van der Waals surface area contributed by atoms with Gasteiger partial charge in [0, 0.05) is 18.3 Å². The van der Waals surface area contributed by atoms with Crippen LogP contribution in [0.2, 0.25) is 0 Å². The molecule has 0 aromatic heterocycles. The largest absolute Gasteiger partial charge is 0.462 e. The van der Waals surface area contributed by atoms with E-state index in [-0.39, 0.29) is 29.3 Å². The number of ether oxygens (including phenoxy) is 1. The molecule has 122 valence electrons. The summed E-state index contributed by atoms with van der Waals surface area (Å²) in [4.78, 5) is 11.6. The standard InChI is InChI=1S/C17H30O4/c1-10(2)12-6-8-16(4)13(19)7-9-17(5,20)15(16)14(12)21-11(3)18/h10,12-15,19-20H,6-9H2,1-5H3/t12-,13-,14+,15+,16-,17+/m0/s1. The molecule has 2 aliphatic carbocycles. The Labute approximate surface area is 127 Å². The summed E-state index contributed by atoms with van der Waals surface area (Å²) in [6, 6.07) is 0. The highest BCUT2D eigenvalue weighted by atomic mass is 16.5. The number of fused-ring (bicyclic) bond motifs is 1. The van der Waals surface area contributed by atoms with E-state index in [4.69, 9.17) is 4.74 Å². The third-order valence-electron chi connectivity index (χ3n) is 5.99. The van der Waals surface area contributed by atoms with Crippen LogP contribution in [0.3, 0.4) is 0 Å². The van der Waals surface area contributed by atoms with Gasteiger partial charge in [0.25, 0.3) is 0 Å². The van der Waals surface area contributed by atoms with Crippen molar-refractivity contribution < 1.29 is 19.7 Å². The Kier molecular flexibility index (Phi) is 4.42. The molecule has 0 radical (unpaired) electrons. The molecule has 6 atom stereocenters. The third-order valence-corrected chi connectivity index (χ3v) is 5.99. The van der Waals surface area contributed by atoms with Crippen molar-refractivity contribution in [1.29, 1.82) is 0 Å². The van der Waals surface area contributed by atoms with E-state index < -0.39 is 11.7 Å². The fraction of sp³-hybridized carbons (Fsp3) is 0.941. The minimum Gasteiger partial charge on any atom is -0.462 e. The van der Waals surface area contributed by atoms with Gasteiger partial charge in [0.15, 0.2) is 0 Å². The lowest BCUT2D eigenvalue weighted by atomic mass is 9.50. The zero-order valence-electron chi connectivity index (χ0n) is 13.9. The molecule has 2 N–H and O–H groups in total. The number of aliphatic hydroxyl groups excluding tert-OH is 1. The average molecular weight is 298 g/mol. The van der Waals surface area contributed by atoms with Crippen molar-refractivity contribution in [3.8, 4) is 0 Å². The number of carbonyl (C=O) groups is 1. The summed E-state index contributed by atoms with van der Waals surface area (Å²) in [5, 5.41) is 21.5. The van der Waals surface area contributed by atoms with Gasteiger partial charge in [-0.25, -0.2) is 0 Å². The smallest absolute Gasteiger partial charge is 0.302 e. The molecule has 0 bridgehead atoms. The highest BCUT2D eigenvalue weighted by Gasteiger charge is 2.60. The lowest BCUT2D eigenvalue weighted by molar-refractivity contribution is -0.229. The predicted molar refractivity (Wildman–Crippen MR) is 80.6 cm³/mol. The van der Waals surface area contributed by atoms with Crippen LogP contribution in [0.5, 0.6) is 0 Å². The van der Waals surface area contributed by atoms with Crippen LogP contribution in [0.25, 0.3) is 0 Å². The van der Waals surface area contributed by atoms with E-state index in [1.807, 2.05) is 13.8 Å². The maximum Gasteiger partial charge on any atom is 0.302 e. The molecule has 2 saturated carbocycles. The van der Waals surface area contributed by atoms with E-state index in [0.29, 0.717) is 18.8 Å². The monoisotopic (exact) mass is 298 g/mol. The molecule has 4 nitrogen and oxygen atoms in total. The first kappa shape index (κ1) is 16.8. The molecule has 4 heteroatoms. The van der Waals surface area contributed by atoms with E-state index in [1.165, 1.54) is 6.92 Å². The van der Waals surface area contributed by atoms with Gasteiger partial charge in [-0.05, 0) is 44.4 Å². The highest BCUT2D eigenvalue weighted by Crippen LogP contribution is 2.57. The quantitative estimate of drug-likeness (QED) is 0.769. The molecule has 0 spiro atoms. The molecule has 0 heterocycles. The molecule has 0 amide bonds. The summed E-state index contributed by atoms with van der Waals surface area (Å²) in [5.41, 5.74) is -1.28. The maximum atomic E-state index is 11.6. The fourth-order valence-electron chi connectivity index (χ4n) is 4.83. The summed E-state index contributed by atoms with van der Waals surface area (Å²) < 4.78 is 5.67. The van der Waals surface area contributed by atoms with Gasteiger partial charge in [-0.15, -0.1) is 0 Å². The minimum absolute atomic E-state index is 0.209. The summed E-state index contributed by atoms with van der Waals surface area (Å²) in [7, 11) is 0. The van der Waals surface area contributed by atoms with E-state index in [0.717, 1.165) is 12.8 Å². The second-order valence-corrected chi connectivity index (χ2v) is 7.92. The van der Waals surface area contributed by atoms with Crippen LogP contribution in [0.4, 0.5) is 0 Å². The summed E-state index contributed by atoms with van der Waals surface area (Å²) in [6.45, 7) is 9.58. The summed E-state index contributed by atoms with van der Waals surface area (Å²) in [6.07, 6.45) is 2.21. The molecule has 2 aliphatic rings. The number of aliphatic hydroxyl groups is 2. The first-order valence-corrected chi connectivity index (χ1v) is 8.17. The van der Waals surface area contributed by atoms with Crippen LogP contribution in [-0.4, -0.2) is 34.0 Å². The van der Waals surface area contributed by atoms with Gasteiger partial charge in [0.1, 0.15) is 6.10 Å². The van der Waals surface area contributed by atoms with Crippen LogP contribution in [0.15, 0.2) is 0 Å². The van der Waals surface area contributed by atoms with Gasteiger partial charge < -0.3 is 14.9 Å². The second-order valence-electron chi connectivity index (χ2n) is 7.92. The zero-order valence-corrected chi connectivity index (χ0v) is 13.9. The zero-order chi connectivity index (χ0) is 16.0. The molecule has 0 aromatic rings. The van der Waals surface area contributed by atoms with Crippen molar-refractivity contribution in [3.63, 3.8) is 0 Å². The van der Waals surface area contributed by atoms with Gasteiger partial charge in [0.05, 0.1) is 11.7 Å². The van der Waals surface area contributed by atoms with Crippen molar-refractivity contribution in [2.24, 2.45) is 23.2 Å². The van der Waals surface area contributed by atoms with E-state index in [9.17, 15) is 15.0 Å². The number of hydrogen-bond acceptors (Lipinski definition) is 4. The van der Waals surface area contributed by atoms with Crippen molar-refractivity contribution in [2.75, 3.05) is 0 Å². The molecule has 0 aliphatic heterocycles. The normalized spacial score (nSPS) is 47.0. The van der Waals surface area contributed by atoms with Crippen LogP contribution < -0.4 is 0 Å². The van der Waals surface area contributed by atoms with Gasteiger partial charge in [-0.1, -0.05) is 20.8 Å². The van der Waals surface area contributed by atoms with Gasteiger partial charge in [0.2, 0.25) is 0 Å². The third kappa shape index (κ3) is 2.85. The van der Waals surface area contributed by atoms with Crippen LogP contribution >= 0.6 is 0 Å². The Morgan fingerprint density at radius 2 is 1.86 bits per heavy atom. The molecule has 2 fully saturated rings. The minimum atomic E-state index is -0.901. The summed E-state index contributed by atoms with van der Waals surface area (Å²) in [5.74, 6) is 0.113.